The van der Waals surface area contributed by atoms with Gasteiger partial charge in [0.25, 0.3) is 5.91 Å². The average Bonchev–Trinajstić information content (AvgIpc) is 2.77. The van der Waals surface area contributed by atoms with E-state index in [1.165, 1.54) is 0 Å². The molecule has 0 spiro atoms. The molecule has 5 nitrogen and oxygen atoms in total. The van der Waals surface area contributed by atoms with Crippen molar-refractivity contribution in [2.24, 2.45) is 0 Å². The van der Waals surface area contributed by atoms with Crippen molar-refractivity contribution in [3.63, 3.8) is 0 Å². The summed E-state index contributed by atoms with van der Waals surface area (Å²) >= 11 is 0. The number of carbonyl (C=O) groups is 1. The van der Waals surface area contributed by atoms with E-state index in [4.69, 9.17) is 14.7 Å². The molecule has 2 rings (SSSR count). The lowest BCUT2D eigenvalue weighted by molar-refractivity contribution is -0.157. The van der Waals surface area contributed by atoms with Crippen molar-refractivity contribution in [2.45, 2.75) is 25.0 Å². The lowest BCUT2D eigenvalue weighted by Gasteiger charge is -2.28. The van der Waals surface area contributed by atoms with Gasteiger partial charge in [0.1, 0.15) is 6.04 Å². The molecule has 2 heterocycles. The third-order valence-corrected chi connectivity index (χ3v) is 2.78. The summed E-state index contributed by atoms with van der Waals surface area (Å²) in [5.74, 6) is -0.0984. The standard InChI is InChI=1S/C10H14N2O3/c11-6-8-2-1-3-12(8)10(13)9-7-14-4-5-15-9/h8-9H,1-5,7H2. The molecule has 15 heavy (non-hydrogen) atoms. The van der Waals surface area contributed by atoms with Crippen molar-refractivity contribution in [1.82, 2.24) is 4.90 Å². The number of carbonyl (C=O) groups excluding carboxylic acids is 1. The Labute approximate surface area is 88.6 Å². The minimum absolute atomic E-state index is 0.0984. The number of likely N-dealkylation sites (tertiary alicyclic amines) is 1. The van der Waals surface area contributed by atoms with E-state index < -0.39 is 6.10 Å². The minimum atomic E-state index is -0.507. The van der Waals surface area contributed by atoms with Crippen LogP contribution in [0.15, 0.2) is 0 Å². The SMILES string of the molecule is N#CC1CCCN1C(=O)C1COCCO1. The summed E-state index contributed by atoms with van der Waals surface area (Å²) in [6.07, 6.45) is 1.17. The number of nitriles is 1. The van der Waals surface area contributed by atoms with Gasteiger partial charge in [-0.1, -0.05) is 0 Å². The highest BCUT2D eigenvalue weighted by Crippen LogP contribution is 2.18. The fourth-order valence-corrected chi connectivity index (χ4v) is 1.98. The number of hydrogen-bond acceptors (Lipinski definition) is 4. The number of amides is 1. The highest BCUT2D eigenvalue weighted by molar-refractivity contribution is 5.82. The number of ether oxygens (including phenoxy) is 2. The Bertz CT molecular complexity index is 281. The van der Waals surface area contributed by atoms with Crippen molar-refractivity contribution in [3.05, 3.63) is 0 Å². The Morgan fingerprint density at radius 2 is 2.33 bits per heavy atom. The van der Waals surface area contributed by atoms with Crippen molar-refractivity contribution in [1.29, 1.82) is 5.26 Å². The minimum Gasteiger partial charge on any atom is -0.376 e. The Hall–Kier alpha value is -1.12. The second kappa shape index (κ2) is 4.60. The molecular weight excluding hydrogens is 196 g/mol. The van der Waals surface area contributed by atoms with Crippen LogP contribution >= 0.6 is 0 Å². The van der Waals surface area contributed by atoms with Gasteiger partial charge in [0.05, 0.1) is 25.9 Å². The lowest BCUT2D eigenvalue weighted by atomic mass is 10.2. The molecule has 1 amide bonds. The fourth-order valence-electron chi connectivity index (χ4n) is 1.98. The molecule has 0 saturated carbocycles. The first kappa shape index (κ1) is 10.4. The average molecular weight is 210 g/mol. The third kappa shape index (κ3) is 2.11. The largest absolute Gasteiger partial charge is 0.376 e. The molecule has 2 fully saturated rings. The first-order chi connectivity index (χ1) is 7.33. The van der Waals surface area contributed by atoms with Crippen LogP contribution in [0.2, 0.25) is 0 Å². The summed E-state index contributed by atoms with van der Waals surface area (Å²) in [6.45, 7) is 1.98. The maximum absolute atomic E-state index is 11.9. The van der Waals surface area contributed by atoms with E-state index in [2.05, 4.69) is 6.07 Å². The molecule has 0 radical (unpaired) electrons. The zero-order valence-corrected chi connectivity index (χ0v) is 8.52. The Balaban J connectivity index is 1.97. The highest BCUT2D eigenvalue weighted by atomic mass is 16.6. The molecule has 0 bridgehead atoms. The fraction of sp³-hybridized carbons (Fsp3) is 0.800. The van der Waals surface area contributed by atoms with Gasteiger partial charge in [-0.15, -0.1) is 0 Å². The molecule has 5 heteroatoms. The van der Waals surface area contributed by atoms with Gasteiger partial charge in [-0.2, -0.15) is 5.26 Å². The van der Waals surface area contributed by atoms with E-state index in [9.17, 15) is 4.79 Å². The first-order valence-corrected chi connectivity index (χ1v) is 5.22. The predicted octanol–water partition coefficient (Wildman–Crippen LogP) is -0.0836. The monoisotopic (exact) mass is 210 g/mol. The van der Waals surface area contributed by atoms with Crippen LogP contribution in [0.5, 0.6) is 0 Å². The molecule has 2 aliphatic rings. The van der Waals surface area contributed by atoms with Crippen LogP contribution in [0, 0.1) is 11.3 Å². The molecule has 0 N–H and O–H groups in total. The zero-order chi connectivity index (χ0) is 10.7. The molecule has 2 atom stereocenters. The summed E-state index contributed by atoms with van der Waals surface area (Å²) < 4.78 is 10.5. The van der Waals surface area contributed by atoms with Gasteiger partial charge < -0.3 is 14.4 Å². The van der Waals surface area contributed by atoms with E-state index in [0.29, 0.717) is 26.4 Å². The summed E-state index contributed by atoms with van der Waals surface area (Å²) in [6, 6.07) is 1.87. The van der Waals surface area contributed by atoms with E-state index in [-0.39, 0.29) is 11.9 Å². The van der Waals surface area contributed by atoms with E-state index in [1.807, 2.05) is 0 Å². The van der Waals surface area contributed by atoms with Crippen molar-refractivity contribution in [2.75, 3.05) is 26.4 Å². The van der Waals surface area contributed by atoms with Gasteiger partial charge >= 0.3 is 0 Å². The Morgan fingerprint density at radius 1 is 1.47 bits per heavy atom. The van der Waals surface area contributed by atoms with Gasteiger partial charge in [0.2, 0.25) is 0 Å². The van der Waals surface area contributed by atoms with Gasteiger partial charge in [0.15, 0.2) is 6.10 Å². The summed E-state index contributed by atoms with van der Waals surface area (Å²) in [5, 5.41) is 8.87. The van der Waals surface area contributed by atoms with Crippen molar-refractivity contribution >= 4 is 5.91 Å². The highest BCUT2D eigenvalue weighted by Gasteiger charge is 2.34. The molecule has 2 unspecified atom stereocenters. The second-order valence-corrected chi connectivity index (χ2v) is 3.75. The van der Waals surface area contributed by atoms with Gasteiger partial charge in [-0.3, -0.25) is 4.79 Å². The maximum Gasteiger partial charge on any atom is 0.255 e. The molecule has 82 valence electrons. The number of rotatable bonds is 1. The van der Waals surface area contributed by atoms with Gasteiger partial charge in [0, 0.05) is 6.54 Å². The van der Waals surface area contributed by atoms with Crippen LogP contribution in [-0.4, -0.2) is 49.3 Å². The van der Waals surface area contributed by atoms with Crippen LogP contribution < -0.4 is 0 Å². The van der Waals surface area contributed by atoms with Crippen LogP contribution in [-0.2, 0) is 14.3 Å². The normalized spacial score (nSPS) is 31.3. The number of nitrogens with zero attached hydrogens (tertiary/aromatic N) is 2. The van der Waals surface area contributed by atoms with Crippen LogP contribution in [0.4, 0.5) is 0 Å². The first-order valence-electron chi connectivity index (χ1n) is 5.22. The lowest BCUT2D eigenvalue weighted by Crippen LogP contribution is -2.46. The molecular formula is C10H14N2O3. The molecule has 0 aromatic carbocycles. The van der Waals surface area contributed by atoms with Gasteiger partial charge in [-0.25, -0.2) is 0 Å². The smallest absolute Gasteiger partial charge is 0.255 e. The molecule has 0 aromatic rings. The van der Waals surface area contributed by atoms with E-state index in [1.54, 1.807) is 4.90 Å². The molecule has 0 aromatic heterocycles. The molecule has 0 aliphatic carbocycles. The van der Waals surface area contributed by atoms with Crippen molar-refractivity contribution < 1.29 is 14.3 Å². The number of hydrogen-bond donors (Lipinski definition) is 0. The van der Waals surface area contributed by atoms with Crippen molar-refractivity contribution in [3.8, 4) is 6.07 Å². The van der Waals surface area contributed by atoms with E-state index in [0.717, 1.165) is 12.8 Å². The zero-order valence-electron chi connectivity index (χ0n) is 8.52. The van der Waals surface area contributed by atoms with Gasteiger partial charge in [-0.05, 0) is 12.8 Å². The quantitative estimate of drug-likeness (QED) is 0.607. The van der Waals surface area contributed by atoms with Crippen LogP contribution in [0.3, 0.4) is 0 Å². The second-order valence-electron chi connectivity index (χ2n) is 3.75. The summed E-state index contributed by atoms with van der Waals surface area (Å²) in [5.41, 5.74) is 0. The van der Waals surface area contributed by atoms with Crippen LogP contribution in [0.25, 0.3) is 0 Å². The summed E-state index contributed by atoms with van der Waals surface area (Å²) in [4.78, 5) is 13.5. The molecule has 2 aliphatic heterocycles. The Morgan fingerprint density at radius 3 is 3.00 bits per heavy atom. The van der Waals surface area contributed by atoms with E-state index >= 15 is 0 Å². The molecule has 2 saturated heterocycles. The van der Waals surface area contributed by atoms with Crippen LogP contribution in [0.1, 0.15) is 12.8 Å². The Kier molecular flexibility index (Phi) is 3.19. The third-order valence-electron chi connectivity index (χ3n) is 2.78. The predicted molar refractivity (Wildman–Crippen MR) is 50.9 cm³/mol. The maximum atomic E-state index is 11.9. The topological polar surface area (TPSA) is 62.6 Å². The summed E-state index contributed by atoms with van der Waals surface area (Å²) in [7, 11) is 0.